The van der Waals surface area contributed by atoms with Crippen LogP contribution in [0, 0.1) is 0 Å². The maximum Gasteiger partial charge on any atom is 0.407 e. The minimum absolute atomic E-state index is 0.163. The minimum atomic E-state index is -1.39. The zero-order chi connectivity index (χ0) is 21.6. The number of carbonyl (C=O) groups is 2. The number of unbranched alkanes of at least 4 members (excludes halogenated alkanes) is 1. The Balaban J connectivity index is 1.58. The van der Waals surface area contributed by atoms with Gasteiger partial charge in [0.1, 0.15) is 12.6 Å². The molecule has 0 radical (unpaired) electrons. The molecule has 4 N–H and O–H groups in total. The van der Waals surface area contributed by atoms with E-state index < -0.39 is 24.5 Å². The SMILES string of the molecule is O=C(NCCCC[C@H](NC(O)OCc1ccccc1)C(=O)O)OCc1ccccc1. The van der Waals surface area contributed by atoms with Gasteiger partial charge in [-0.2, -0.15) is 0 Å². The lowest BCUT2D eigenvalue weighted by molar-refractivity contribution is -0.155. The molecule has 0 aliphatic heterocycles. The lowest BCUT2D eigenvalue weighted by Crippen LogP contribution is -2.44. The highest BCUT2D eigenvalue weighted by Gasteiger charge is 2.20. The highest BCUT2D eigenvalue weighted by atomic mass is 16.6. The summed E-state index contributed by atoms with van der Waals surface area (Å²) in [5.74, 6) is -1.08. The Morgan fingerprint density at radius 1 is 0.900 bits per heavy atom. The van der Waals surface area contributed by atoms with Crippen molar-refractivity contribution in [1.82, 2.24) is 10.6 Å². The number of ether oxygens (including phenoxy) is 2. The van der Waals surface area contributed by atoms with Crippen LogP contribution in [0.2, 0.25) is 0 Å². The van der Waals surface area contributed by atoms with Gasteiger partial charge < -0.3 is 25.0 Å². The maximum atomic E-state index is 11.7. The zero-order valence-electron chi connectivity index (χ0n) is 16.7. The van der Waals surface area contributed by atoms with Gasteiger partial charge in [0.2, 0.25) is 6.41 Å². The van der Waals surface area contributed by atoms with Crippen LogP contribution in [0.15, 0.2) is 60.7 Å². The monoisotopic (exact) mass is 416 g/mol. The lowest BCUT2D eigenvalue weighted by atomic mass is 10.1. The molecule has 1 amide bonds. The minimum Gasteiger partial charge on any atom is -0.480 e. The fraction of sp³-hybridized carbons (Fsp3) is 0.364. The number of hydrogen-bond donors (Lipinski definition) is 4. The smallest absolute Gasteiger partial charge is 0.407 e. The Labute approximate surface area is 175 Å². The molecule has 2 atom stereocenters. The highest BCUT2D eigenvalue weighted by Crippen LogP contribution is 2.05. The predicted octanol–water partition coefficient (Wildman–Crippen LogP) is 2.62. The van der Waals surface area contributed by atoms with Crippen LogP contribution in [0.4, 0.5) is 4.79 Å². The predicted molar refractivity (Wildman–Crippen MR) is 110 cm³/mol. The summed E-state index contributed by atoms with van der Waals surface area (Å²) in [6, 6.07) is 17.7. The number of rotatable bonds is 13. The van der Waals surface area contributed by atoms with Crippen molar-refractivity contribution in [2.75, 3.05) is 6.54 Å². The number of alkyl carbamates (subject to hydrolysis) is 1. The zero-order valence-corrected chi connectivity index (χ0v) is 16.7. The van der Waals surface area contributed by atoms with Gasteiger partial charge in [0.25, 0.3) is 0 Å². The number of aliphatic hydroxyl groups is 1. The molecule has 0 bridgehead atoms. The second-order valence-electron chi connectivity index (χ2n) is 6.69. The van der Waals surface area contributed by atoms with Crippen LogP contribution in [-0.2, 0) is 27.5 Å². The third kappa shape index (κ3) is 9.51. The normalized spacial score (nSPS) is 12.7. The van der Waals surface area contributed by atoms with Crippen molar-refractivity contribution in [2.45, 2.75) is 44.9 Å². The molecule has 8 heteroatoms. The molecule has 0 heterocycles. The molecule has 2 aromatic carbocycles. The molecule has 2 aromatic rings. The van der Waals surface area contributed by atoms with Crippen molar-refractivity contribution in [2.24, 2.45) is 0 Å². The first-order chi connectivity index (χ1) is 14.5. The number of carbonyl (C=O) groups excluding carboxylic acids is 1. The van der Waals surface area contributed by atoms with Crippen molar-refractivity contribution in [1.29, 1.82) is 0 Å². The Morgan fingerprint density at radius 2 is 1.50 bits per heavy atom. The topological polar surface area (TPSA) is 117 Å². The van der Waals surface area contributed by atoms with Crippen LogP contribution in [0.1, 0.15) is 30.4 Å². The van der Waals surface area contributed by atoms with E-state index in [1.807, 2.05) is 60.7 Å². The molecule has 0 saturated carbocycles. The first-order valence-corrected chi connectivity index (χ1v) is 9.81. The first kappa shape index (κ1) is 23.3. The summed E-state index contributed by atoms with van der Waals surface area (Å²) >= 11 is 0. The van der Waals surface area contributed by atoms with Crippen molar-refractivity contribution >= 4 is 12.1 Å². The molecular weight excluding hydrogens is 388 g/mol. The Kier molecular flexibility index (Phi) is 10.4. The maximum absolute atomic E-state index is 11.7. The van der Waals surface area contributed by atoms with Gasteiger partial charge in [-0.15, -0.1) is 0 Å². The summed E-state index contributed by atoms with van der Waals surface area (Å²) in [6.45, 7) is 0.724. The lowest BCUT2D eigenvalue weighted by Gasteiger charge is -2.19. The van der Waals surface area contributed by atoms with Crippen LogP contribution >= 0.6 is 0 Å². The average molecular weight is 416 g/mol. The molecule has 8 nitrogen and oxygen atoms in total. The highest BCUT2D eigenvalue weighted by molar-refractivity contribution is 5.73. The molecule has 1 unspecified atom stereocenters. The summed E-state index contributed by atoms with van der Waals surface area (Å²) in [4.78, 5) is 23.0. The van der Waals surface area contributed by atoms with Crippen LogP contribution in [0.5, 0.6) is 0 Å². The number of hydrogen-bond acceptors (Lipinski definition) is 6. The van der Waals surface area contributed by atoms with E-state index in [0.717, 1.165) is 11.1 Å². The van der Waals surface area contributed by atoms with E-state index in [1.165, 1.54) is 0 Å². The van der Waals surface area contributed by atoms with Gasteiger partial charge in [-0.1, -0.05) is 60.7 Å². The van der Waals surface area contributed by atoms with Gasteiger partial charge in [-0.25, -0.2) is 4.79 Å². The van der Waals surface area contributed by atoms with E-state index in [0.29, 0.717) is 19.4 Å². The molecule has 30 heavy (non-hydrogen) atoms. The second kappa shape index (κ2) is 13.3. The second-order valence-corrected chi connectivity index (χ2v) is 6.69. The van der Waals surface area contributed by atoms with E-state index in [2.05, 4.69) is 10.6 Å². The third-order valence-electron chi connectivity index (χ3n) is 4.29. The van der Waals surface area contributed by atoms with Crippen molar-refractivity contribution in [3.63, 3.8) is 0 Å². The van der Waals surface area contributed by atoms with Crippen LogP contribution < -0.4 is 10.6 Å². The summed E-state index contributed by atoms with van der Waals surface area (Å²) < 4.78 is 10.3. The van der Waals surface area contributed by atoms with E-state index >= 15 is 0 Å². The van der Waals surface area contributed by atoms with Gasteiger partial charge >= 0.3 is 12.1 Å². The van der Waals surface area contributed by atoms with Crippen molar-refractivity contribution in [3.05, 3.63) is 71.8 Å². The Hall–Kier alpha value is -2.94. The van der Waals surface area contributed by atoms with E-state index in [1.54, 1.807) is 0 Å². The summed E-state index contributed by atoms with van der Waals surface area (Å²) in [5.41, 5.74) is 1.77. The molecular formula is C22H28N2O6. The number of carboxylic acid groups (broad SMARTS) is 1. The van der Waals surface area contributed by atoms with Crippen molar-refractivity contribution < 1.29 is 29.3 Å². The average Bonchev–Trinajstić information content (AvgIpc) is 2.76. The molecule has 0 spiro atoms. The standard InChI is InChI=1S/C22H28N2O6/c25-20(26)19(24-22(28)30-16-18-11-5-2-6-12-18)13-7-8-14-23-21(27)29-15-17-9-3-1-4-10-17/h1-6,9-12,19,22,24,28H,7-8,13-16H2,(H,23,27)(H,25,26)/t19-,22?/m0/s1. The fourth-order valence-electron chi connectivity index (χ4n) is 2.69. The van der Waals surface area contributed by atoms with Gasteiger partial charge in [0.15, 0.2) is 0 Å². The van der Waals surface area contributed by atoms with Gasteiger partial charge in [0, 0.05) is 6.54 Å². The van der Waals surface area contributed by atoms with E-state index in [4.69, 9.17) is 9.47 Å². The van der Waals surface area contributed by atoms with Crippen LogP contribution in [0.25, 0.3) is 0 Å². The first-order valence-electron chi connectivity index (χ1n) is 9.81. The molecule has 0 aliphatic rings. The number of aliphatic hydroxyl groups excluding tert-OH is 1. The largest absolute Gasteiger partial charge is 0.480 e. The molecule has 162 valence electrons. The quantitative estimate of drug-likeness (QED) is 0.293. The molecule has 0 aliphatic carbocycles. The fourth-order valence-corrected chi connectivity index (χ4v) is 2.69. The number of benzene rings is 2. The van der Waals surface area contributed by atoms with Gasteiger partial charge in [-0.05, 0) is 30.4 Å². The van der Waals surface area contributed by atoms with E-state index in [9.17, 15) is 19.8 Å². The summed E-state index contributed by atoms with van der Waals surface area (Å²) in [5, 5.41) is 24.4. The van der Waals surface area contributed by atoms with Gasteiger partial charge in [0.05, 0.1) is 6.61 Å². The number of carboxylic acids is 1. The summed E-state index contributed by atoms with van der Waals surface area (Å²) in [7, 11) is 0. The molecule has 0 aromatic heterocycles. The third-order valence-corrected chi connectivity index (χ3v) is 4.29. The van der Waals surface area contributed by atoms with Crippen LogP contribution in [-0.4, -0.2) is 41.3 Å². The number of amides is 1. The molecule has 2 rings (SSSR count). The van der Waals surface area contributed by atoms with Crippen LogP contribution in [0.3, 0.4) is 0 Å². The number of aliphatic carboxylic acids is 1. The molecule has 0 fully saturated rings. The summed E-state index contributed by atoms with van der Waals surface area (Å²) in [6.07, 6.45) is -0.517. The van der Waals surface area contributed by atoms with Gasteiger partial charge in [-0.3, -0.25) is 10.1 Å². The number of nitrogens with one attached hydrogen (secondary N) is 2. The van der Waals surface area contributed by atoms with Crippen molar-refractivity contribution in [3.8, 4) is 0 Å². The van der Waals surface area contributed by atoms with E-state index in [-0.39, 0.29) is 19.6 Å². The Bertz CT molecular complexity index is 757. The molecule has 0 saturated heterocycles. The Morgan fingerprint density at radius 3 is 2.10 bits per heavy atom.